The zero-order valence-corrected chi connectivity index (χ0v) is 20.7. The number of anilines is 1. The molecule has 0 aliphatic carbocycles. The highest BCUT2D eigenvalue weighted by Gasteiger charge is 2.25. The van der Waals surface area contributed by atoms with Gasteiger partial charge in [0.15, 0.2) is 0 Å². The van der Waals surface area contributed by atoms with Crippen LogP contribution in [0.4, 0.5) is 14.6 Å². The van der Waals surface area contributed by atoms with Crippen LogP contribution in [0.1, 0.15) is 35.7 Å². The molecule has 0 amide bonds. The summed E-state index contributed by atoms with van der Waals surface area (Å²) in [4.78, 5) is 4.21. The molecule has 38 heavy (non-hydrogen) atoms. The van der Waals surface area contributed by atoms with E-state index in [1.54, 1.807) is 10.9 Å². The van der Waals surface area contributed by atoms with E-state index in [2.05, 4.69) is 10.1 Å². The number of nitriles is 1. The molecule has 0 bridgehead atoms. The van der Waals surface area contributed by atoms with Crippen molar-refractivity contribution in [2.75, 3.05) is 18.9 Å². The van der Waals surface area contributed by atoms with Crippen molar-refractivity contribution >= 4 is 5.82 Å². The Hall–Kier alpha value is -4.49. The number of benzene rings is 2. The molecule has 0 unspecified atom stereocenters. The monoisotopic (exact) mass is 517 g/mol. The van der Waals surface area contributed by atoms with Crippen molar-refractivity contribution in [3.8, 4) is 34.6 Å². The fraction of sp³-hybridized carbons (Fsp3) is 0.250. The highest BCUT2D eigenvalue weighted by molar-refractivity contribution is 5.73. The van der Waals surface area contributed by atoms with Gasteiger partial charge in [-0.3, -0.25) is 4.98 Å². The van der Waals surface area contributed by atoms with E-state index < -0.39 is 11.6 Å². The van der Waals surface area contributed by atoms with Crippen LogP contribution in [0.15, 0.2) is 54.7 Å². The van der Waals surface area contributed by atoms with E-state index >= 15 is 4.39 Å². The van der Waals surface area contributed by atoms with Gasteiger partial charge in [-0.1, -0.05) is 6.07 Å². The van der Waals surface area contributed by atoms with Gasteiger partial charge >= 0.3 is 0 Å². The first-order valence-electron chi connectivity index (χ1n) is 12.1. The molecule has 1 aliphatic heterocycles. The van der Waals surface area contributed by atoms with Crippen molar-refractivity contribution < 1.29 is 23.0 Å². The highest BCUT2D eigenvalue weighted by atomic mass is 19.1. The molecule has 0 radical (unpaired) electrons. The molecule has 0 spiro atoms. The van der Waals surface area contributed by atoms with Gasteiger partial charge in [0.2, 0.25) is 0 Å². The van der Waals surface area contributed by atoms with E-state index in [0.717, 1.165) is 17.3 Å². The van der Waals surface area contributed by atoms with Gasteiger partial charge in [0.1, 0.15) is 58.6 Å². The molecule has 2 N–H and O–H groups in total. The van der Waals surface area contributed by atoms with E-state index in [4.69, 9.17) is 19.9 Å². The Balaban J connectivity index is 1.35. The fourth-order valence-corrected chi connectivity index (χ4v) is 4.27. The summed E-state index contributed by atoms with van der Waals surface area (Å²) >= 11 is 0. The molecule has 8 nitrogen and oxygen atoms in total. The van der Waals surface area contributed by atoms with Crippen molar-refractivity contribution in [3.05, 3.63) is 83.2 Å². The van der Waals surface area contributed by atoms with E-state index in [0.29, 0.717) is 26.1 Å². The lowest BCUT2D eigenvalue weighted by atomic mass is 10.1. The maximum atomic E-state index is 15.2. The minimum Gasteiger partial charge on any atom is -0.489 e. The number of nitrogens with zero attached hydrogens (tertiary/aromatic N) is 4. The first-order valence-corrected chi connectivity index (χ1v) is 12.1. The number of rotatable bonds is 7. The van der Waals surface area contributed by atoms with Crippen LogP contribution in [0, 0.1) is 29.9 Å². The maximum absolute atomic E-state index is 15.2. The first kappa shape index (κ1) is 25.2. The predicted molar refractivity (Wildman–Crippen MR) is 136 cm³/mol. The number of hydrogen-bond donors (Lipinski definition) is 1. The zero-order valence-electron chi connectivity index (χ0n) is 20.7. The highest BCUT2D eigenvalue weighted by Crippen LogP contribution is 2.35. The summed E-state index contributed by atoms with van der Waals surface area (Å²) in [6.07, 6.45) is 3.09. The normalized spacial score (nSPS) is 13.7. The molecule has 2 aromatic heterocycles. The second kappa shape index (κ2) is 10.9. The number of halogens is 2. The molecule has 3 heterocycles. The van der Waals surface area contributed by atoms with Crippen LogP contribution in [0.2, 0.25) is 0 Å². The molecule has 5 rings (SSSR count). The second-order valence-corrected chi connectivity index (χ2v) is 8.97. The number of nitrogen functional groups attached to an aromatic ring is 1. The van der Waals surface area contributed by atoms with Gasteiger partial charge < -0.3 is 19.9 Å². The number of aromatic nitrogens is 3. The lowest BCUT2D eigenvalue weighted by molar-refractivity contribution is 0.0669. The summed E-state index contributed by atoms with van der Waals surface area (Å²) in [6.45, 7) is 3.22. The van der Waals surface area contributed by atoms with Crippen molar-refractivity contribution in [3.63, 3.8) is 0 Å². The van der Waals surface area contributed by atoms with Crippen molar-refractivity contribution in [1.82, 2.24) is 14.8 Å². The Morgan fingerprint density at radius 3 is 2.58 bits per heavy atom. The second-order valence-electron chi connectivity index (χ2n) is 8.97. The third kappa shape index (κ3) is 5.43. The Bertz CT molecular complexity index is 1490. The van der Waals surface area contributed by atoms with Crippen LogP contribution in [0.25, 0.3) is 11.3 Å². The van der Waals surface area contributed by atoms with Crippen LogP contribution in [-0.2, 0) is 11.3 Å². The lowest BCUT2D eigenvalue weighted by Gasteiger charge is -2.23. The summed E-state index contributed by atoms with van der Waals surface area (Å²) in [5, 5.41) is 14.2. The standard InChI is InChI=1S/C28H25F2N5O3/c1-17-2-3-18(15-33-17)16-37-22-10-19(29)11-23(12-22)38-21-4-5-24(26(30)13-21)27-25(14-31)28(32)35(34-27)20-6-8-36-9-7-20/h2-5,10-13,15,20H,6-9,16,32H2,1H3. The lowest BCUT2D eigenvalue weighted by Crippen LogP contribution is -2.21. The number of aryl methyl sites for hydroxylation is 1. The number of hydrogen-bond acceptors (Lipinski definition) is 7. The first-order chi connectivity index (χ1) is 18.4. The van der Waals surface area contributed by atoms with Gasteiger partial charge in [-0.15, -0.1) is 0 Å². The molecule has 0 saturated carbocycles. The number of nitrogens with two attached hydrogens (primary N) is 1. The topological polar surface area (TPSA) is 108 Å². The molecular weight excluding hydrogens is 492 g/mol. The van der Waals surface area contributed by atoms with E-state index in [1.807, 2.05) is 25.1 Å². The average Bonchev–Trinajstić information content (AvgIpc) is 3.24. The predicted octanol–water partition coefficient (Wildman–Crippen LogP) is 5.71. The molecule has 1 saturated heterocycles. The maximum Gasteiger partial charge on any atom is 0.140 e. The Kier molecular flexibility index (Phi) is 7.20. The van der Waals surface area contributed by atoms with Gasteiger partial charge in [-0.2, -0.15) is 10.4 Å². The van der Waals surface area contributed by atoms with Crippen LogP contribution < -0.4 is 15.2 Å². The van der Waals surface area contributed by atoms with Crippen LogP contribution in [0.3, 0.4) is 0 Å². The molecule has 1 fully saturated rings. The molecule has 1 aliphatic rings. The average molecular weight is 518 g/mol. The third-order valence-corrected chi connectivity index (χ3v) is 6.25. The minimum atomic E-state index is -0.657. The van der Waals surface area contributed by atoms with Gasteiger partial charge in [-0.25, -0.2) is 13.5 Å². The van der Waals surface area contributed by atoms with Crippen molar-refractivity contribution in [1.29, 1.82) is 5.26 Å². The van der Waals surface area contributed by atoms with Crippen LogP contribution in [-0.4, -0.2) is 28.0 Å². The minimum absolute atomic E-state index is 0.0260. The summed E-state index contributed by atoms with van der Waals surface area (Å²) in [6, 6.07) is 13.8. The van der Waals surface area contributed by atoms with E-state index in [9.17, 15) is 9.65 Å². The Labute approximate surface area is 218 Å². The summed E-state index contributed by atoms with van der Waals surface area (Å²) < 4.78 is 47.8. The molecule has 2 aromatic carbocycles. The van der Waals surface area contributed by atoms with Crippen LogP contribution >= 0.6 is 0 Å². The van der Waals surface area contributed by atoms with Crippen molar-refractivity contribution in [2.45, 2.75) is 32.4 Å². The summed E-state index contributed by atoms with van der Waals surface area (Å²) in [7, 11) is 0. The molecule has 194 valence electrons. The molecule has 4 aromatic rings. The van der Waals surface area contributed by atoms with Gasteiger partial charge in [0.05, 0.1) is 6.04 Å². The van der Waals surface area contributed by atoms with Crippen LogP contribution in [0.5, 0.6) is 17.2 Å². The Morgan fingerprint density at radius 1 is 1.08 bits per heavy atom. The zero-order chi connectivity index (χ0) is 26.6. The fourth-order valence-electron chi connectivity index (χ4n) is 4.27. The Morgan fingerprint density at radius 2 is 1.87 bits per heavy atom. The molecule has 10 heteroatoms. The van der Waals surface area contributed by atoms with Crippen molar-refractivity contribution in [2.24, 2.45) is 0 Å². The molecular formula is C28H25F2N5O3. The number of ether oxygens (including phenoxy) is 3. The smallest absolute Gasteiger partial charge is 0.140 e. The van der Waals surface area contributed by atoms with E-state index in [-0.39, 0.29) is 52.5 Å². The van der Waals surface area contributed by atoms with Gasteiger partial charge in [0.25, 0.3) is 0 Å². The third-order valence-electron chi connectivity index (χ3n) is 6.25. The summed E-state index contributed by atoms with van der Waals surface area (Å²) in [5.74, 6) is -0.492. The number of pyridine rings is 1. The quantitative estimate of drug-likeness (QED) is 0.335. The van der Waals surface area contributed by atoms with Gasteiger partial charge in [-0.05, 0) is 38.0 Å². The van der Waals surface area contributed by atoms with E-state index in [1.165, 1.54) is 30.3 Å². The summed E-state index contributed by atoms with van der Waals surface area (Å²) in [5.41, 5.74) is 8.30. The molecule has 0 atom stereocenters. The van der Waals surface area contributed by atoms with Gasteiger partial charge in [0, 0.05) is 60.5 Å². The SMILES string of the molecule is Cc1ccc(COc2cc(F)cc(Oc3ccc(-c4nn(C5CCOCC5)c(N)c4C#N)c(F)c3)c2)cn1. The largest absolute Gasteiger partial charge is 0.489 e.